The van der Waals surface area contributed by atoms with Crippen LogP contribution in [0.4, 0.5) is 4.79 Å². The van der Waals surface area contributed by atoms with Crippen molar-refractivity contribution in [2.45, 2.75) is 136 Å². The Hall–Kier alpha value is -0.360. The molecule has 0 fully saturated rings. The highest BCUT2D eigenvalue weighted by Gasteiger charge is 2.46. The predicted molar refractivity (Wildman–Crippen MR) is 138 cm³/mol. The fourth-order valence-corrected chi connectivity index (χ4v) is 8.38. The lowest BCUT2D eigenvalue weighted by atomic mass is 10.1. The zero-order valence-electron chi connectivity index (χ0n) is 20.9. The number of hydrogen-bond acceptors (Lipinski definition) is 2. The molecule has 0 aromatic carbocycles. The molecule has 2 nitrogen and oxygen atoms in total. The van der Waals surface area contributed by atoms with Crippen molar-refractivity contribution in [2.24, 2.45) is 0 Å². The predicted octanol–water partition coefficient (Wildman–Crippen LogP) is 10.4. The fraction of sp³-hybridized carbons (Fsp3) is 0.889. The number of hydrogen-bond donors (Lipinski definition) is 0. The average molecular weight is 442 g/mol. The number of ether oxygens (including phenoxy) is 1. The van der Waals surface area contributed by atoms with Gasteiger partial charge in [0.15, 0.2) is 0 Å². The Labute approximate surface area is 190 Å². The van der Waals surface area contributed by atoms with E-state index in [-0.39, 0.29) is 5.71 Å². The molecule has 0 radical (unpaired) electrons. The topological polar surface area (TPSA) is 26.3 Å². The Morgan fingerprint density at radius 1 is 0.600 bits per heavy atom. The molecular weight excluding hydrogens is 387 g/mol. The third-order valence-electron chi connectivity index (χ3n) is 6.39. The third kappa shape index (κ3) is 15.4. The lowest BCUT2D eigenvalue weighted by Gasteiger charge is -2.24. The number of unbranched alkanes of at least 4 members (excludes halogenated alkanes) is 15. The van der Waals surface area contributed by atoms with E-state index >= 15 is 0 Å². The van der Waals surface area contributed by atoms with Crippen molar-refractivity contribution >= 4 is 13.0 Å². The first-order chi connectivity index (χ1) is 14.7. The Morgan fingerprint density at radius 3 is 1.20 bits per heavy atom. The molecule has 0 rings (SSSR count). The van der Waals surface area contributed by atoms with Crippen LogP contribution in [0.5, 0.6) is 0 Å². The average Bonchev–Trinajstić information content (AvgIpc) is 2.75. The highest BCUT2D eigenvalue weighted by molar-refractivity contribution is 7.90. The standard InChI is InChI=1S/C27H54O2P/c1-5-9-12-15-18-21-24-30(27(28)29-8-4,25-22-19-16-13-10-6-2)26-23-20-17-14-11-7-3/h8H,4-7,9-26H2,1-3H3/q+1. The van der Waals surface area contributed by atoms with E-state index in [1.165, 1.54) is 122 Å². The van der Waals surface area contributed by atoms with Crippen LogP contribution in [0, 0.1) is 0 Å². The van der Waals surface area contributed by atoms with Crippen LogP contribution in [0.25, 0.3) is 0 Å². The fourth-order valence-electron chi connectivity index (χ4n) is 4.38. The van der Waals surface area contributed by atoms with E-state index in [4.69, 9.17) is 4.74 Å². The molecule has 3 heteroatoms. The van der Waals surface area contributed by atoms with Gasteiger partial charge in [0, 0.05) is 0 Å². The van der Waals surface area contributed by atoms with Gasteiger partial charge in [-0.2, -0.15) is 0 Å². The summed E-state index contributed by atoms with van der Waals surface area (Å²) < 4.78 is 5.47. The molecule has 0 aliphatic rings. The van der Waals surface area contributed by atoms with Gasteiger partial charge in [-0.3, -0.25) is 0 Å². The molecule has 0 atom stereocenters. The van der Waals surface area contributed by atoms with Crippen molar-refractivity contribution < 1.29 is 9.53 Å². The summed E-state index contributed by atoms with van der Waals surface area (Å²) in [5, 5.41) is 0. The van der Waals surface area contributed by atoms with Gasteiger partial charge in [-0.1, -0.05) is 104 Å². The number of rotatable bonds is 23. The second-order valence-corrected chi connectivity index (χ2v) is 13.2. The Balaban J connectivity index is 4.79. The molecule has 0 saturated heterocycles. The van der Waals surface area contributed by atoms with Crippen LogP contribution < -0.4 is 0 Å². The molecule has 0 spiro atoms. The minimum atomic E-state index is -1.70. The molecule has 178 valence electrons. The third-order valence-corrected chi connectivity index (χ3v) is 10.8. The van der Waals surface area contributed by atoms with Crippen LogP contribution in [0.15, 0.2) is 12.8 Å². The first-order valence-corrected chi connectivity index (χ1v) is 15.7. The maximum Gasteiger partial charge on any atom is 0.455 e. The van der Waals surface area contributed by atoms with Crippen molar-refractivity contribution in [3.05, 3.63) is 12.8 Å². The summed E-state index contributed by atoms with van der Waals surface area (Å²) in [6.07, 6.45) is 28.0. The molecule has 0 aliphatic carbocycles. The molecule has 30 heavy (non-hydrogen) atoms. The maximum atomic E-state index is 13.1. The molecule has 0 aliphatic heterocycles. The van der Waals surface area contributed by atoms with Crippen LogP contribution in [0.3, 0.4) is 0 Å². The van der Waals surface area contributed by atoms with Gasteiger partial charge in [-0.25, -0.2) is 4.79 Å². The summed E-state index contributed by atoms with van der Waals surface area (Å²) in [5.41, 5.74) is 0.105. The van der Waals surface area contributed by atoms with Crippen LogP contribution in [-0.2, 0) is 4.74 Å². The molecule has 0 saturated carbocycles. The zero-order valence-corrected chi connectivity index (χ0v) is 21.8. The zero-order chi connectivity index (χ0) is 22.3. The van der Waals surface area contributed by atoms with Gasteiger partial charge >= 0.3 is 5.71 Å². The maximum absolute atomic E-state index is 13.1. The highest BCUT2D eigenvalue weighted by atomic mass is 31.2. The Morgan fingerprint density at radius 2 is 0.900 bits per heavy atom. The molecule has 0 bridgehead atoms. The molecule has 0 N–H and O–H groups in total. The van der Waals surface area contributed by atoms with E-state index in [0.717, 1.165) is 18.5 Å². The summed E-state index contributed by atoms with van der Waals surface area (Å²) in [4.78, 5) is 13.1. The minimum Gasteiger partial charge on any atom is -0.406 e. The van der Waals surface area contributed by atoms with Crippen molar-refractivity contribution in [3.8, 4) is 0 Å². The Kier molecular flexibility index (Phi) is 21.6. The number of carbonyl (C=O) groups excluding carboxylic acids is 1. The van der Waals surface area contributed by atoms with Crippen molar-refractivity contribution in [2.75, 3.05) is 18.5 Å². The van der Waals surface area contributed by atoms with E-state index in [9.17, 15) is 4.79 Å². The van der Waals surface area contributed by atoms with Gasteiger partial charge in [0.1, 0.15) is 7.26 Å². The summed E-state index contributed by atoms with van der Waals surface area (Å²) in [6.45, 7) is 10.5. The van der Waals surface area contributed by atoms with Crippen LogP contribution >= 0.6 is 7.26 Å². The number of carbonyl (C=O) groups is 1. The monoisotopic (exact) mass is 441 g/mol. The lowest BCUT2D eigenvalue weighted by molar-refractivity contribution is 0.211. The van der Waals surface area contributed by atoms with Gasteiger partial charge in [-0.05, 0) is 38.5 Å². The molecule has 0 aromatic heterocycles. The van der Waals surface area contributed by atoms with Gasteiger partial charge in [0.05, 0.1) is 24.7 Å². The van der Waals surface area contributed by atoms with Gasteiger partial charge in [-0.15, -0.1) is 0 Å². The van der Waals surface area contributed by atoms with E-state index in [1.807, 2.05) is 0 Å². The van der Waals surface area contributed by atoms with Crippen LogP contribution in [0.1, 0.15) is 136 Å². The molecule has 0 unspecified atom stereocenters. The quantitative estimate of drug-likeness (QED) is 0.0895. The summed E-state index contributed by atoms with van der Waals surface area (Å²) in [6, 6.07) is 0. The second kappa shape index (κ2) is 21.9. The largest absolute Gasteiger partial charge is 0.455 e. The van der Waals surface area contributed by atoms with Gasteiger partial charge in [0.2, 0.25) is 0 Å². The summed E-state index contributed by atoms with van der Waals surface area (Å²) in [7, 11) is -1.70. The van der Waals surface area contributed by atoms with E-state index < -0.39 is 7.26 Å². The van der Waals surface area contributed by atoms with Crippen molar-refractivity contribution in [1.29, 1.82) is 0 Å². The first-order valence-electron chi connectivity index (χ1n) is 13.3. The molecular formula is C27H54O2P+. The van der Waals surface area contributed by atoms with Crippen LogP contribution in [-0.4, -0.2) is 24.2 Å². The van der Waals surface area contributed by atoms with E-state index in [0.29, 0.717) is 0 Å². The summed E-state index contributed by atoms with van der Waals surface area (Å²) >= 11 is 0. The summed E-state index contributed by atoms with van der Waals surface area (Å²) in [5.74, 6) is 0. The molecule has 0 heterocycles. The normalized spacial score (nSPS) is 11.6. The van der Waals surface area contributed by atoms with Crippen molar-refractivity contribution in [1.82, 2.24) is 0 Å². The molecule has 0 aromatic rings. The van der Waals surface area contributed by atoms with Gasteiger partial charge in [0.25, 0.3) is 0 Å². The molecule has 0 amide bonds. The van der Waals surface area contributed by atoms with Crippen molar-refractivity contribution in [3.63, 3.8) is 0 Å². The van der Waals surface area contributed by atoms with Crippen LogP contribution in [0.2, 0.25) is 0 Å². The SMILES string of the molecule is C=COC(=O)[P+](CCCCCCCC)(CCCCCCCC)CCCCCCCC. The minimum absolute atomic E-state index is 0.105. The van der Waals surface area contributed by atoms with E-state index in [2.05, 4.69) is 27.4 Å². The van der Waals surface area contributed by atoms with Gasteiger partial charge < -0.3 is 4.74 Å². The Bertz CT molecular complexity index is 354. The lowest BCUT2D eigenvalue weighted by Crippen LogP contribution is -2.18. The second-order valence-electron chi connectivity index (χ2n) is 9.17. The van der Waals surface area contributed by atoms with E-state index in [1.54, 1.807) is 0 Å². The highest BCUT2D eigenvalue weighted by Crippen LogP contribution is 2.62. The first kappa shape index (κ1) is 29.6. The smallest absolute Gasteiger partial charge is 0.406 e.